The summed E-state index contributed by atoms with van der Waals surface area (Å²) in [7, 11) is 0. The maximum atomic E-state index is 11.7. The Balaban J connectivity index is 1.49. The second-order valence-corrected chi connectivity index (χ2v) is 15.5. The van der Waals surface area contributed by atoms with Crippen LogP contribution >= 0.6 is 0 Å². The van der Waals surface area contributed by atoms with Crippen LogP contribution in [0.4, 0.5) is 0 Å². The summed E-state index contributed by atoms with van der Waals surface area (Å²) in [4.78, 5) is 11.7. The summed E-state index contributed by atoms with van der Waals surface area (Å²) in [6.07, 6.45) is 17.6. The zero-order valence-electron chi connectivity index (χ0n) is 24.5. The van der Waals surface area contributed by atoms with E-state index in [2.05, 4.69) is 40.7 Å². The topological polar surface area (TPSA) is 121 Å². The average Bonchev–Trinajstić information content (AvgIpc) is 3.20. The van der Waals surface area contributed by atoms with Crippen LogP contribution in [0.15, 0.2) is 11.6 Å². The highest BCUT2D eigenvalue weighted by Crippen LogP contribution is 2.71. The summed E-state index contributed by atoms with van der Waals surface area (Å²) in [5.74, 6) is 1.92. The number of hydrogen-bond acceptors (Lipinski definition) is 4. The molecule has 0 bridgehead atoms. The van der Waals surface area contributed by atoms with Crippen molar-refractivity contribution in [2.45, 2.75) is 141 Å². The van der Waals surface area contributed by atoms with Gasteiger partial charge in [0, 0.05) is 23.0 Å². The molecule has 5 heteroatoms. The van der Waals surface area contributed by atoms with E-state index in [1.165, 1.54) is 37.7 Å². The molecular formula is C32H56N4O. The van der Waals surface area contributed by atoms with Crippen molar-refractivity contribution < 1.29 is 4.79 Å². The summed E-state index contributed by atoms with van der Waals surface area (Å²) < 4.78 is 0. The number of primary amides is 1. The standard InChI is InChI=1S/C32H56N4O/c1-6-14-27(2,16-13-26(33)37)21-9-17-28(3)22-12-20-32(36)24(11-19-31(35)15-7-8-25(31)32)29(22,4)18-10-23(28)30(21,5)34/h9,22-25H,6-8,10-20,34-36H2,1-5H3,(H2,33,37). The minimum Gasteiger partial charge on any atom is -0.370 e. The van der Waals surface area contributed by atoms with Gasteiger partial charge in [-0.2, -0.15) is 0 Å². The number of hydrogen-bond donors (Lipinski definition) is 4. The van der Waals surface area contributed by atoms with Crippen molar-refractivity contribution in [3.05, 3.63) is 11.6 Å². The van der Waals surface area contributed by atoms with E-state index < -0.39 is 0 Å². The maximum Gasteiger partial charge on any atom is 0.217 e. The zero-order chi connectivity index (χ0) is 27.1. The molecule has 4 fully saturated rings. The van der Waals surface area contributed by atoms with Crippen LogP contribution < -0.4 is 22.9 Å². The highest BCUT2D eigenvalue weighted by Gasteiger charge is 2.69. The highest BCUT2D eigenvalue weighted by atomic mass is 16.1. The molecule has 1 amide bonds. The minimum atomic E-state index is -0.377. The van der Waals surface area contributed by atoms with Crippen LogP contribution in [-0.4, -0.2) is 22.5 Å². The van der Waals surface area contributed by atoms with Crippen LogP contribution in [0.5, 0.6) is 0 Å². The average molecular weight is 513 g/mol. The third-order valence-corrected chi connectivity index (χ3v) is 13.5. The Bertz CT molecular complexity index is 960. The van der Waals surface area contributed by atoms with Gasteiger partial charge in [0.15, 0.2) is 0 Å². The molecule has 5 nitrogen and oxygen atoms in total. The molecule has 5 aliphatic rings. The van der Waals surface area contributed by atoms with E-state index in [4.69, 9.17) is 22.9 Å². The predicted octanol–water partition coefficient (Wildman–Crippen LogP) is 5.54. The van der Waals surface area contributed by atoms with Crippen LogP contribution in [-0.2, 0) is 4.79 Å². The Morgan fingerprint density at radius 2 is 1.57 bits per heavy atom. The van der Waals surface area contributed by atoms with Gasteiger partial charge in [0.1, 0.15) is 0 Å². The van der Waals surface area contributed by atoms with Crippen molar-refractivity contribution in [3.8, 4) is 0 Å². The number of nitrogens with two attached hydrogens (primary N) is 4. The molecule has 210 valence electrons. The lowest BCUT2D eigenvalue weighted by molar-refractivity contribution is -0.175. The van der Waals surface area contributed by atoms with Gasteiger partial charge in [-0.3, -0.25) is 4.79 Å². The number of fused-ring (bicyclic) bond motifs is 7. The van der Waals surface area contributed by atoms with E-state index in [1.807, 2.05) is 0 Å². The molecule has 10 unspecified atom stereocenters. The zero-order valence-corrected chi connectivity index (χ0v) is 24.5. The van der Waals surface area contributed by atoms with Crippen LogP contribution in [0.1, 0.15) is 125 Å². The SMILES string of the molecule is CCCC(C)(CCC(N)=O)C1=CCC2(C)C(CCC3(C)C2CCC2(N)C4CCCC4(N)CCC32)C1(C)N. The third-order valence-electron chi connectivity index (χ3n) is 13.5. The molecule has 8 N–H and O–H groups in total. The molecule has 0 spiro atoms. The van der Waals surface area contributed by atoms with E-state index in [1.54, 1.807) is 0 Å². The number of amides is 1. The highest BCUT2D eigenvalue weighted by molar-refractivity contribution is 5.73. The van der Waals surface area contributed by atoms with Crippen molar-refractivity contribution in [2.24, 2.45) is 62.9 Å². The van der Waals surface area contributed by atoms with Crippen molar-refractivity contribution >= 4 is 5.91 Å². The number of carbonyl (C=O) groups is 1. The first-order valence-electron chi connectivity index (χ1n) is 15.5. The van der Waals surface area contributed by atoms with Gasteiger partial charge in [-0.1, -0.05) is 46.6 Å². The van der Waals surface area contributed by atoms with Crippen LogP contribution in [0.2, 0.25) is 0 Å². The van der Waals surface area contributed by atoms with Crippen LogP contribution in [0.3, 0.4) is 0 Å². The van der Waals surface area contributed by atoms with E-state index in [9.17, 15) is 4.79 Å². The Morgan fingerprint density at radius 3 is 2.24 bits per heavy atom. The van der Waals surface area contributed by atoms with Gasteiger partial charge in [0.2, 0.25) is 5.91 Å². The number of allylic oxidation sites excluding steroid dienone is 1. The van der Waals surface area contributed by atoms with Crippen molar-refractivity contribution in [3.63, 3.8) is 0 Å². The third kappa shape index (κ3) is 3.84. The van der Waals surface area contributed by atoms with Gasteiger partial charge < -0.3 is 22.9 Å². The first kappa shape index (κ1) is 27.6. The maximum absolute atomic E-state index is 11.7. The smallest absolute Gasteiger partial charge is 0.217 e. The van der Waals surface area contributed by atoms with Crippen molar-refractivity contribution in [1.82, 2.24) is 0 Å². The summed E-state index contributed by atoms with van der Waals surface area (Å²) >= 11 is 0. The van der Waals surface area contributed by atoms with Gasteiger partial charge in [-0.25, -0.2) is 0 Å². The lowest BCUT2D eigenvalue weighted by Crippen LogP contribution is -2.73. The van der Waals surface area contributed by atoms with Gasteiger partial charge in [-0.05, 0) is 123 Å². The molecule has 0 saturated heterocycles. The van der Waals surface area contributed by atoms with Gasteiger partial charge in [0.05, 0.1) is 0 Å². The quantitative estimate of drug-likeness (QED) is 0.349. The first-order chi connectivity index (χ1) is 17.2. The molecule has 0 aliphatic heterocycles. The van der Waals surface area contributed by atoms with E-state index in [0.29, 0.717) is 30.1 Å². The molecule has 0 radical (unpaired) electrons. The van der Waals surface area contributed by atoms with Gasteiger partial charge >= 0.3 is 0 Å². The van der Waals surface area contributed by atoms with Crippen LogP contribution in [0.25, 0.3) is 0 Å². The second kappa shape index (κ2) is 8.80. The Morgan fingerprint density at radius 1 is 0.892 bits per heavy atom. The lowest BCUT2D eigenvalue weighted by Gasteiger charge is -2.70. The molecule has 0 heterocycles. The molecule has 0 aromatic rings. The Kier molecular flexibility index (Phi) is 6.57. The monoisotopic (exact) mass is 512 g/mol. The first-order valence-corrected chi connectivity index (χ1v) is 15.5. The van der Waals surface area contributed by atoms with Gasteiger partial charge in [0.25, 0.3) is 0 Å². The Hall–Kier alpha value is -0.910. The number of carbonyl (C=O) groups excluding carboxylic acids is 1. The fraction of sp³-hybridized carbons (Fsp3) is 0.906. The second-order valence-electron chi connectivity index (χ2n) is 15.5. The minimum absolute atomic E-state index is 0.0253. The fourth-order valence-electron chi connectivity index (χ4n) is 12.1. The van der Waals surface area contributed by atoms with E-state index in [-0.39, 0.29) is 38.8 Å². The Labute approximate surface area is 226 Å². The summed E-state index contributed by atoms with van der Waals surface area (Å²) in [5.41, 5.74) is 28.8. The fourth-order valence-corrected chi connectivity index (χ4v) is 12.1. The largest absolute Gasteiger partial charge is 0.370 e. The predicted molar refractivity (Wildman–Crippen MR) is 152 cm³/mol. The van der Waals surface area contributed by atoms with Crippen molar-refractivity contribution in [1.29, 1.82) is 0 Å². The summed E-state index contributed by atoms with van der Waals surface area (Å²) in [6.45, 7) is 12.0. The lowest BCUT2D eigenvalue weighted by atomic mass is 9.36. The molecule has 10 atom stereocenters. The van der Waals surface area contributed by atoms with Gasteiger partial charge in [-0.15, -0.1) is 0 Å². The molecule has 4 saturated carbocycles. The summed E-state index contributed by atoms with van der Waals surface area (Å²) in [5, 5.41) is 0. The normalized spacial score (nSPS) is 50.6. The molecular weight excluding hydrogens is 456 g/mol. The molecule has 5 aliphatic carbocycles. The van der Waals surface area contributed by atoms with Crippen LogP contribution in [0, 0.1) is 39.9 Å². The molecule has 0 aromatic heterocycles. The molecule has 5 rings (SSSR count). The van der Waals surface area contributed by atoms with E-state index >= 15 is 0 Å². The van der Waals surface area contributed by atoms with Crippen molar-refractivity contribution in [2.75, 3.05) is 0 Å². The molecule has 37 heavy (non-hydrogen) atoms. The number of rotatable bonds is 6. The summed E-state index contributed by atoms with van der Waals surface area (Å²) in [6, 6.07) is 0. The molecule has 0 aromatic carbocycles. The van der Waals surface area contributed by atoms with E-state index in [0.717, 1.165) is 51.4 Å².